The predicted octanol–water partition coefficient (Wildman–Crippen LogP) is 0.502. The lowest BCUT2D eigenvalue weighted by atomic mass is 10.2. The third-order valence-corrected chi connectivity index (χ3v) is 2.65. The number of nitrogens with zero attached hydrogens (tertiary/aromatic N) is 2. The van der Waals surface area contributed by atoms with Crippen LogP contribution in [0.4, 0.5) is 5.69 Å². The first-order valence-corrected chi connectivity index (χ1v) is 5.62. The van der Waals surface area contributed by atoms with Gasteiger partial charge in [0.05, 0.1) is 24.6 Å². The van der Waals surface area contributed by atoms with E-state index in [1.165, 1.54) is 36.1 Å². The van der Waals surface area contributed by atoms with Crippen molar-refractivity contribution in [3.8, 4) is 5.75 Å². The highest BCUT2D eigenvalue weighted by Crippen LogP contribution is 2.22. The van der Waals surface area contributed by atoms with Crippen molar-refractivity contribution in [1.29, 1.82) is 0 Å². The van der Waals surface area contributed by atoms with Crippen molar-refractivity contribution in [3.63, 3.8) is 0 Å². The molecule has 0 saturated heterocycles. The summed E-state index contributed by atoms with van der Waals surface area (Å²) in [6, 6.07) is 5.43. The fourth-order valence-electron chi connectivity index (χ4n) is 1.72. The first kappa shape index (κ1) is 13.5. The summed E-state index contributed by atoms with van der Waals surface area (Å²) in [7, 11) is 1.40. The average Bonchev–Trinajstić information content (AvgIpc) is 2.41. The molecule has 0 aliphatic heterocycles. The summed E-state index contributed by atoms with van der Waals surface area (Å²) in [4.78, 5) is 34.9. The number of hydrogen-bond donors (Lipinski definition) is 1. The zero-order valence-electron chi connectivity index (χ0n) is 10.5. The molecule has 0 saturated carbocycles. The van der Waals surface area contributed by atoms with Gasteiger partial charge in [-0.25, -0.2) is 4.79 Å². The molecule has 8 heteroatoms. The highest BCUT2D eigenvalue weighted by Gasteiger charge is 2.11. The van der Waals surface area contributed by atoms with Gasteiger partial charge < -0.3 is 4.74 Å². The van der Waals surface area contributed by atoms with E-state index in [4.69, 9.17) is 4.74 Å². The molecule has 0 atom stereocenters. The average molecular weight is 277 g/mol. The highest BCUT2D eigenvalue weighted by molar-refractivity contribution is 5.42. The Morgan fingerprint density at radius 1 is 1.35 bits per heavy atom. The molecule has 0 fully saturated rings. The second-order valence-corrected chi connectivity index (χ2v) is 4.03. The van der Waals surface area contributed by atoms with E-state index < -0.39 is 16.2 Å². The summed E-state index contributed by atoms with van der Waals surface area (Å²) < 4.78 is 6.22. The maximum Gasteiger partial charge on any atom is 0.328 e. The van der Waals surface area contributed by atoms with Gasteiger partial charge in [0.25, 0.3) is 11.2 Å². The van der Waals surface area contributed by atoms with E-state index in [0.717, 1.165) is 0 Å². The molecule has 1 aromatic carbocycles. The molecule has 2 rings (SSSR count). The van der Waals surface area contributed by atoms with E-state index >= 15 is 0 Å². The zero-order chi connectivity index (χ0) is 14.7. The molecule has 1 N–H and O–H groups in total. The minimum Gasteiger partial charge on any atom is -0.496 e. The molecule has 1 heterocycles. The topological polar surface area (TPSA) is 107 Å². The van der Waals surface area contributed by atoms with Crippen LogP contribution >= 0.6 is 0 Å². The van der Waals surface area contributed by atoms with Gasteiger partial charge in [0, 0.05) is 18.3 Å². The lowest BCUT2D eigenvalue weighted by Crippen LogP contribution is -2.28. The van der Waals surface area contributed by atoms with Gasteiger partial charge in [-0.15, -0.1) is 0 Å². The van der Waals surface area contributed by atoms with Crippen LogP contribution in [0, 0.1) is 10.1 Å². The van der Waals surface area contributed by atoms with Crippen molar-refractivity contribution in [2.45, 2.75) is 6.54 Å². The Morgan fingerprint density at radius 2 is 2.10 bits per heavy atom. The molecule has 0 unspecified atom stereocenters. The Hall–Kier alpha value is -2.90. The van der Waals surface area contributed by atoms with Gasteiger partial charge in [0.15, 0.2) is 0 Å². The molecular weight excluding hydrogens is 266 g/mol. The Morgan fingerprint density at radius 3 is 2.70 bits per heavy atom. The Kier molecular flexibility index (Phi) is 3.65. The van der Waals surface area contributed by atoms with Gasteiger partial charge in [0.2, 0.25) is 0 Å². The van der Waals surface area contributed by atoms with Crippen LogP contribution in [0.5, 0.6) is 5.75 Å². The molecule has 0 spiro atoms. The van der Waals surface area contributed by atoms with E-state index in [1.807, 2.05) is 0 Å². The SMILES string of the molecule is COc1cc(Cn2ccc(=O)[nH]c2=O)cc([N+](=O)[O-])c1. The molecule has 20 heavy (non-hydrogen) atoms. The number of non-ortho nitro benzene ring substituents is 1. The van der Waals surface area contributed by atoms with E-state index in [2.05, 4.69) is 4.98 Å². The molecule has 0 aliphatic rings. The first-order valence-electron chi connectivity index (χ1n) is 5.62. The summed E-state index contributed by atoms with van der Waals surface area (Å²) in [6.45, 7) is 0.0909. The van der Waals surface area contributed by atoms with Crippen LogP contribution in [-0.4, -0.2) is 21.6 Å². The number of ether oxygens (including phenoxy) is 1. The summed E-state index contributed by atoms with van der Waals surface area (Å²) in [5.41, 5.74) is -0.687. The molecule has 104 valence electrons. The number of methoxy groups -OCH3 is 1. The van der Waals surface area contributed by atoms with Crippen LogP contribution in [0.25, 0.3) is 0 Å². The predicted molar refractivity (Wildman–Crippen MR) is 70.1 cm³/mol. The minimum absolute atomic E-state index is 0.0909. The number of hydrogen-bond acceptors (Lipinski definition) is 5. The molecule has 0 amide bonds. The number of nitro groups is 1. The molecule has 0 radical (unpaired) electrons. The lowest BCUT2D eigenvalue weighted by molar-refractivity contribution is -0.385. The van der Waals surface area contributed by atoms with Gasteiger partial charge >= 0.3 is 5.69 Å². The second kappa shape index (κ2) is 5.39. The van der Waals surface area contributed by atoms with Crippen LogP contribution in [-0.2, 0) is 6.54 Å². The maximum atomic E-state index is 11.6. The van der Waals surface area contributed by atoms with E-state index in [-0.39, 0.29) is 12.2 Å². The standard InChI is InChI=1S/C12H11N3O5/c1-20-10-5-8(4-9(6-10)15(18)19)7-14-3-2-11(16)13-12(14)17/h2-6H,7H2,1H3,(H,13,16,17). The molecule has 2 aromatic rings. The largest absolute Gasteiger partial charge is 0.496 e. The van der Waals surface area contributed by atoms with Crippen molar-refractivity contribution < 1.29 is 9.66 Å². The zero-order valence-corrected chi connectivity index (χ0v) is 10.5. The third-order valence-electron chi connectivity index (χ3n) is 2.65. The summed E-state index contributed by atoms with van der Waals surface area (Å²) in [5, 5.41) is 10.8. The van der Waals surface area contributed by atoms with Gasteiger partial charge in [-0.3, -0.25) is 24.5 Å². The molecule has 0 bridgehead atoms. The first-order chi connectivity index (χ1) is 9.49. The van der Waals surface area contributed by atoms with Crippen molar-refractivity contribution in [2.24, 2.45) is 0 Å². The van der Waals surface area contributed by atoms with Crippen molar-refractivity contribution in [1.82, 2.24) is 9.55 Å². The number of aromatic amines is 1. The number of H-pyrrole nitrogens is 1. The van der Waals surface area contributed by atoms with Crippen LogP contribution in [0.1, 0.15) is 5.56 Å². The maximum absolute atomic E-state index is 11.6. The quantitative estimate of drug-likeness (QED) is 0.646. The third kappa shape index (κ3) is 2.91. The molecule has 1 aromatic heterocycles. The number of aromatic nitrogens is 2. The number of rotatable bonds is 4. The summed E-state index contributed by atoms with van der Waals surface area (Å²) in [5.74, 6) is 0.326. The normalized spacial score (nSPS) is 10.2. The second-order valence-electron chi connectivity index (χ2n) is 4.03. The van der Waals surface area contributed by atoms with Gasteiger partial charge in [-0.1, -0.05) is 0 Å². The van der Waals surface area contributed by atoms with Crippen LogP contribution in [0.2, 0.25) is 0 Å². The van der Waals surface area contributed by atoms with Gasteiger partial charge in [-0.05, 0) is 11.6 Å². The molecule has 0 aliphatic carbocycles. The summed E-state index contributed by atoms with van der Waals surface area (Å²) in [6.07, 6.45) is 1.33. The van der Waals surface area contributed by atoms with Crippen LogP contribution in [0.15, 0.2) is 40.1 Å². The number of benzene rings is 1. The van der Waals surface area contributed by atoms with Gasteiger partial charge in [-0.2, -0.15) is 0 Å². The Bertz CT molecular complexity index is 762. The van der Waals surface area contributed by atoms with E-state index in [9.17, 15) is 19.7 Å². The summed E-state index contributed by atoms with van der Waals surface area (Å²) >= 11 is 0. The van der Waals surface area contributed by atoms with Gasteiger partial charge in [0.1, 0.15) is 5.75 Å². The van der Waals surface area contributed by atoms with Crippen molar-refractivity contribution in [2.75, 3.05) is 7.11 Å². The fraction of sp³-hybridized carbons (Fsp3) is 0.167. The van der Waals surface area contributed by atoms with Crippen LogP contribution < -0.4 is 16.0 Å². The fourth-order valence-corrected chi connectivity index (χ4v) is 1.72. The highest BCUT2D eigenvalue weighted by atomic mass is 16.6. The van der Waals surface area contributed by atoms with E-state index in [0.29, 0.717) is 11.3 Å². The lowest BCUT2D eigenvalue weighted by Gasteiger charge is -2.07. The minimum atomic E-state index is -0.581. The Labute approximate surface area is 112 Å². The van der Waals surface area contributed by atoms with Crippen LogP contribution in [0.3, 0.4) is 0 Å². The van der Waals surface area contributed by atoms with Crippen molar-refractivity contribution in [3.05, 3.63) is 67.0 Å². The molecular formula is C12H11N3O5. The molecule has 8 nitrogen and oxygen atoms in total. The smallest absolute Gasteiger partial charge is 0.328 e. The number of nitrogens with one attached hydrogen (secondary N) is 1. The van der Waals surface area contributed by atoms with E-state index in [1.54, 1.807) is 6.07 Å². The Balaban J connectivity index is 2.42. The number of nitro benzene ring substituents is 1. The van der Waals surface area contributed by atoms with Crippen molar-refractivity contribution >= 4 is 5.69 Å². The monoisotopic (exact) mass is 277 g/mol.